The molecule has 0 bridgehead atoms. The van der Waals surface area contributed by atoms with Gasteiger partial charge in [-0.15, -0.1) is 36.2 Å². The Kier molecular flexibility index (Phi) is 7.82. The lowest BCUT2D eigenvalue weighted by molar-refractivity contribution is 0.0939. The second-order valence-corrected chi connectivity index (χ2v) is 4.92. The van der Waals surface area contributed by atoms with E-state index in [1.165, 1.54) is 17.6 Å². The molecule has 0 aromatic carbocycles. The summed E-state index contributed by atoms with van der Waals surface area (Å²) in [5.41, 5.74) is 6.87. The van der Waals surface area contributed by atoms with E-state index in [1.807, 2.05) is 19.2 Å². The molecule has 2 rings (SSSR count). The Balaban J connectivity index is 0.00000180. The molecule has 0 aliphatic carbocycles. The van der Waals surface area contributed by atoms with Gasteiger partial charge in [0.25, 0.3) is 5.91 Å². The van der Waals surface area contributed by atoms with Crippen LogP contribution in [0.15, 0.2) is 22.1 Å². The second-order valence-electron chi connectivity index (χ2n) is 4.03. The predicted molar refractivity (Wildman–Crippen MR) is 83.8 cm³/mol. The van der Waals surface area contributed by atoms with Gasteiger partial charge in [0.2, 0.25) is 0 Å². The van der Waals surface area contributed by atoms with Crippen molar-refractivity contribution in [3.63, 3.8) is 0 Å². The molecule has 0 aliphatic heterocycles. The number of amides is 1. The molecule has 112 valence electrons. The van der Waals surface area contributed by atoms with Gasteiger partial charge in [-0.25, -0.2) is 4.98 Å². The van der Waals surface area contributed by atoms with Crippen molar-refractivity contribution in [3.8, 4) is 0 Å². The number of carbonyl (C=O) groups is 1. The topological polar surface area (TPSA) is 81.2 Å². The van der Waals surface area contributed by atoms with Crippen molar-refractivity contribution in [2.45, 2.75) is 26.4 Å². The van der Waals surface area contributed by atoms with Gasteiger partial charge in [-0.3, -0.25) is 4.79 Å². The van der Waals surface area contributed by atoms with Crippen LogP contribution in [0.4, 0.5) is 0 Å². The lowest BCUT2D eigenvalue weighted by Crippen LogP contribution is -2.26. The van der Waals surface area contributed by atoms with E-state index < -0.39 is 0 Å². The number of nitrogens with two attached hydrogens (primary N) is 1. The zero-order chi connectivity index (χ0) is 13.1. The van der Waals surface area contributed by atoms with Gasteiger partial charge < -0.3 is 15.5 Å². The molecule has 0 saturated carbocycles. The highest BCUT2D eigenvalue weighted by Crippen LogP contribution is 2.18. The van der Waals surface area contributed by atoms with Crippen molar-refractivity contribution in [3.05, 3.63) is 39.7 Å². The molecule has 0 aliphatic rings. The van der Waals surface area contributed by atoms with Crippen molar-refractivity contribution in [1.82, 2.24) is 10.3 Å². The van der Waals surface area contributed by atoms with Crippen LogP contribution in [0.25, 0.3) is 0 Å². The normalized spacial score (nSPS) is 11.2. The van der Waals surface area contributed by atoms with E-state index in [9.17, 15) is 4.79 Å². The number of rotatable bonds is 4. The monoisotopic (exact) mass is 337 g/mol. The molecule has 3 N–H and O–H groups in total. The maximum absolute atomic E-state index is 11.9. The Hall–Kier alpha value is -1.08. The number of carbonyl (C=O) groups excluding carboxylic acids is 1. The number of hydrogen-bond acceptors (Lipinski definition) is 5. The van der Waals surface area contributed by atoms with Crippen LogP contribution in [-0.2, 0) is 6.54 Å². The Morgan fingerprint density at radius 3 is 2.75 bits per heavy atom. The number of aryl methyl sites for hydroxylation is 1. The van der Waals surface area contributed by atoms with Crippen LogP contribution in [0.3, 0.4) is 0 Å². The standard InChI is InChI=1S/C12H15N3O2S.2ClH/c1-7-6-18-12(14-7)8(2)15-11(16)9-3-10(4-13)17-5-9;;/h3,5-6,8H,4,13H2,1-2H3,(H,15,16);2*1H. The van der Waals surface area contributed by atoms with Crippen molar-refractivity contribution in [2.75, 3.05) is 0 Å². The zero-order valence-corrected chi connectivity index (χ0v) is 13.5. The molecule has 2 heterocycles. The van der Waals surface area contributed by atoms with Gasteiger partial charge in [0.15, 0.2) is 0 Å². The van der Waals surface area contributed by atoms with Crippen LogP contribution < -0.4 is 11.1 Å². The third-order valence-electron chi connectivity index (χ3n) is 2.47. The van der Waals surface area contributed by atoms with Crippen LogP contribution in [0.5, 0.6) is 0 Å². The van der Waals surface area contributed by atoms with Crippen LogP contribution in [0, 0.1) is 6.92 Å². The van der Waals surface area contributed by atoms with Crippen LogP contribution in [0.2, 0.25) is 0 Å². The first-order valence-corrected chi connectivity index (χ1v) is 6.48. The molecule has 2 aromatic heterocycles. The summed E-state index contributed by atoms with van der Waals surface area (Å²) < 4.78 is 5.13. The minimum absolute atomic E-state index is 0. The Morgan fingerprint density at radius 2 is 2.25 bits per heavy atom. The molecule has 1 amide bonds. The minimum atomic E-state index is -0.182. The summed E-state index contributed by atoms with van der Waals surface area (Å²) in [7, 11) is 0. The minimum Gasteiger partial charge on any atom is -0.467 e. The first kappa shape index (κ1) is 18.9. The number of hydrogen-bond donors (Lipinski definition) is 2. The quantitative estimate of drug-likeness (QED) is 0.898. The second kappa shape index (κ2) is 8.26. The van der Waals surface area contributed by atoms with Gasteiger partial charge in [0.05, 0.1) is 18.2 Å². The first-order valence-electron chi connectivity index (χ1n) is 5.60. The predicted octanol–water partition coefficient (Wildman–Crippen LogP) is 2.84. The van der Waals surface area contributed by atoms with E-state index in [2.05, 4.69) is 10.3 Å². The zero-order valence-electron chi connectivity index (χ0n) is 11.1. The summed E-state index contributed by atoms with van der Waals surface area (Å²) >= 11 is 1.54. The van der Waals surface area contributed by atoms with Crippen LogP contribution >= 0.6 is 36.2 Å². The van der Waals surface area contributed by atoms with Gasteiger partial charge in [0.1, 0.15) is 17.0 Å². The molecule has 5 nitrogen and oxygen atoms in total. The van der Waals surface area contributed by atoms with E-state index in [4.69, 9.17) is 10.2 Å². The number of furan rings is 1. The van der Waals surface area contributed by atoms with Crippen molar-refractivity contribution >= 4 is 42.1 Å². The van der Waals surface area contributed by atoms with Gasteiger partial charge in [-0.1, -0.05) is 0 Å². The van der Waals surface area contributed by atoms with Crippen molar-refractivity contribution < 1.29 is 9.21 Å². The van der Waals surface area contributed by atoms with Gasteiger partial charge >= 0.3 is 0 Å². The van der Waals surface area contributed by atoms with Crippen molar-refractivity contribution in [1.29, 1.82) is 0 Å². The highest BCUT2D eigenvalue weighted by atomic mass is 35.5. The average Bonchev–Trinajstić information content (AvgIpc) is 2.97. The highest BCUT2D eigenvalue weighted by molar-refractivity contribution is 7.09. The summed E-state index contributed by atoms with van der Waals surface area (Å²) in [6, 6.07) is 1.53. The third kappa shape index (κ3) is 4.49. The SMILES string of the molecule is Cc1csc(C(C)NC(=O)c2coc(CN)c2)n1.Cl.Cl. The molecular weight excluding hydrogens is 321 g/mol. The summed E-state index contributed by atoms with van der Waals surface area (Å²) in [6.07, 6.45) is 1.41. The molecule has 0 fully saturated rings. The lowest BCUT2D eigenvalue weighted by atomic mass is 10.2. The third-order valence-corrected chi connectivity index (χ3v) is 3.62. The van der Waals surface area contributed by atoms with Crippen LogP contribution in [0.1, 0.15) is 39.8 Å². The van der Waals surface area contributed by atoms with Gasteiger partial charge in [0, 0.05) is 11.1 Å². The fourth-order valence-corrected chi connectivity index (χ4v) is 2.32. The maximum Gasteiger partial charge on any atom is 0.255 e. The Morgan fingerprint density at radius 1 is 1.55 bits per heavy atom. The molecule has 0 spiro atoms. The Labute approximate surface area is 133 Å². The summed E-state index contributed by atoms with van der Waals surface area (Å²) in [6.45, 7) is 4.12. The molecule has 0 radical (unpaired) electrons. The molecule has 20 heavy (non-hydrogen) atoms. The average molecular weight is 338 g/mol. The molecule has 1 unspecified atom stereocenters. The fraction of sp³-hybridized carbons (Fsp3) is 0.333. The molecular formula is C12H17Cl2N3O2S. The summed E-state index contributed by atoms with van der Waals surface area (Å²) in [5, 5.41) is 5.72. The lowest BCUT2D eigenvalue weighted by Gasteiger charge is -2.09. The van der Waals surface area contributed by atoms with E-state index in [1.54, 1.807) is 6.07 Å². The molecule has 8 heteroatoms. The Bertz CT molecular complexity index is 556. The number of nitrogens with zero attached hydrogens (tertiary/aromatic N) is 1. The summed E-state index contributed by atoms with van der Waals surface area (Å²) in [5.74, 6) is 0.414. The molecule has 1 atom stereocenters. The largest absolute Gasteiger partial charge is 0.467 e. The molecule has 2 aromatic rings. The van der Waals surface area contributed by atoms with Gasteiger partial charge in [-0.05, 0) is 19.9 Å². The number of halogens is 2. The molecule has 0 saturated heterocycles. The first-order chi connectivity index (χ1) is 8.60. The van der Waals surface area contributed by atoms with E-state index in [0.717, 1.165) is 10.7 Å². The van der Waals surface area contributed by atoms with E-state index >= 15 is 0 Å². The van der Waals surface area contributed by atoms with E-state index in [-0.39, 0.29) is 43.3 Å². The van der Waals surface area contributed by atoms with Crippen LogP contribution in [-0.4, -0.2) is 10.9 Å². The fourth-order valence-electron chi connectivity index (χ4n) is 1.52. The van der Waals surface area contributed by atoms with Gasteiger partial charge in [-0.2, -0.15) is 0 Å². The maximum atomic E-state index is 11.9. The number of aromatic nitrogens is 1. The van der Waals surface area contributed by atoms with E-state index in [0.29, 0.717) is 11.3 Å². The summed E-state index contributed by atoms with van der Waals surface area (Å²) in [4.78, 5) is 16.3. The smallest absolute Gasteiger partial charge is 0.255 e. The van der Waals surface area contributed by atoms with Crippen molar-refractivity contribution in [2.24, 2.45) is 5.73 Å². The number of nitrogens with one attached hydrogen (secondary N) is 1. The number of thiazole rings is 1. The highest BCUT2D eigenvalue weighted by Gasteiger charge is 2.15.